The Labute approximate surface area is 128 Å². The van der Waals surface area contributed by atoms with Crippen molar-refractivity contribution in [1.29, 1.82) is 0 Å². The Morgan fingerprint density at radius 3 is 2.83 bits per heavy atom. The van der Waals surface area contributed by atoms with Gasteiger partial charge in [0.05, 0.1) is 10.1 Å². The van der Waals surface area contributed by atoms with Gasteiger partial charge < -0.3 is 9.42 Å². The van der Waals surface area contributed by atoms with Gasteiger partial charge in [-0.2, -0.15) is 0 Å². The van der Waals surface area contributed by atoms with Crippen LogP contribution in [0.2, 0.25) is 0 Å². The van der Waals surface area contributed by atoms with E-state index in [2.05, 4.69) is 0 Å². The molecule has 0 heterocycles. The molecule has 3 atom stereocenters. The molecule has 0 aliphatic heterocycles. The molecule has 0 fully saturated rings. The normalized spacial score (nSPS) is 30.9. The molecule has 0 aromatic carbocycles. The molecule has 0 radical (unpaired) electrons. The lowest BCUT2D eigenvalue weighted by atomic mass is 9.94. The molecule has 7 heteroatoms. The molecule has 1 rings (SSSR count). The van der Waals surface area contributed by atoms with Crippen molar-refractivity contribution in [2.45, 2.75) is 36.8 Å². The molecule has 0 saturated heterocycles. The van der Waals surface area contributed by atoms with Gasteiger partial charge in [0.2, 0.25) is 0 Å². The average Bonchev–Trinajstić information content (AvgIpc) is 2.22. The Kier molecular flexibility index (Phi) is 6.74. The summed E-state index contributed by atoms with van der Waals surface area (Å²) in [5, 5.41) is 0.419. The molecular formula is C11H16Cl2O2PS2-. The number of allylic oxidation sites excluding steroid dienone is 3. The van der Waals surface area contributed by atoms with Crippen LogP contribution in [0, 0.1) is 0 Å². The number of halogens is 2. The van der Waals surface area contributed by atoms with Crippen LogP contribution < -0.4 is 4.89 Å². The standard InChI is InChI=1S/C11H17Cl2O2PS2/c1-3-7-11(13)8-9(12)5-6-10(11)18-16(14,17)15-4-2/h5-6,8,10H,3-4,7H2,1-2H3,(H,14,17)/p-1. The summed E-state index contributed by atoms with van der Waals surface area (Å²) in [6, 6.07) is 0. The molecular weight excluding hydrogens is 330 g/mol. The smallest absolute Gasteiger partial charge is 0.0800 e. The van der Waals surface area contributed by atoms with Crippen LogP contribution in [0.15, 0.2) is 23.3 Å². The summed E-state index contributed by atoms with van der Waals surface area (Å²) in [6.45, 7) is 4.15. The van der Waals surface area contributed by atoms with Gasteiger partial charge in [0.25, 0.3) is 0 Å². The lowest BCUT2D eigenvalue weighted by Crippen LogP contribution is -2.33. The summed E-state index contributed by atoms with van der Waals surface area (Å²) in [5.41, 5.74) is -3.09. The third kappa shape index (κ3) is 4.82. The molecule has 0 spiro atoms. The van der Waals surface area contributed by atoms with Crippen molar-refractivity contribution in [3.63, 3.8) is 0 Å². The predicted octanol–water partition coefficient (Wildman–Crippen LogP) is 4.18. The summed E-state index contributed by atoms with van der Waals surface area (Å²) in [5.74, 6) is 0. The Bertz CT molecular complexity index is 401. The fraction of sp³-hybridized carbons (Fsp3) is 0.636. The maximum Gasteiger partial charge on any atom is 0.0800 e. The number of rotatable bonds is 6. The van der Waals surface area contributed by atoms with Crippen LogP contribution in [0.25, 0.3) is 0 Å². The van der Waals surface area contributed by atoms with Crippen molar-refractivity contribution in [1.82, 2.24) is 0 Å². The molecule has 104 valence electrons. The zero-order chi connectivity index (χ0) is 13.8. The highest BCUT2D eigenvalue weighted by Crippen LogP contribution is 2.58. The van der Waals surface area contributed by atoms with Gasteiger partial charge >= 0.3 is 0 Å². The molecule has 1 aliphatic carbocycles. The van der Waals surface area contributed by atoms with Crippen molar-refractivity contribution < 1.29 is 9.42 Å². The SMILES string of the molecule is CCCC1(Cl)C=C(Cl)C=CC1SP([O-])(=S)OCC. The van der Waals surface area contributed by atoms with Gasteiger partial charge in [-0.05, 0) is 25.5 Å². The fourth-order valence-electron chi connectivity index (χ4n) is 1.75. The molecule has 0 bridgehead atoms. The van der Waals surface area contributed by atoms with E-state index in [0.717, 1.165) is 24.2 Å². The summed E-state index contributed by atoms with van der Waals surface area (Å²) >= 11 is 18.7. The second-order valence-corrected chi connectivity index (χ2v) is 11.2. The Morgan fingerprint density at radius 1 is 1.61 bits per heavy atom. The second kappa shape index (κ2) is 7.12. The molecule has 18 heavy (non-hydrogen) atoms. The fourth-order valence-corrected chi connectivity index (χ4v) is 7.19. The minimum absolute atomic E-state index is 0.184. The van der Waals surface area contributed by atoms with E-state index in [1.807, 2.05) is 13.0 Å². The highest BCUT2D eigenvalue weighted by Gasteiger charge is 2.36. The Hall–Kier alpha value is 0.980. The molecule has 0 N–H and O–H groups in total. The first-order valence-corrected chi connectivity index (χ1v) is 10.6. The summed E-state index contributed by atoms with van der Waals surface area (Å²) in [6.07, 6.45) is 7.07. The van der Waals surface area contributed by atoms with Gasteiger partial charge in [-0.15, -0.1) is 23.0 Å². The first-order valence-electron chi connectivity index (χ1n) is 5.72. The van der Waals surface area contributed by atoms with Gasteiger partial charge in [0.1, 0.15) is 0 Å². The third-order valence-corrected chi connectivity index (χ3v) is 7.84. The van der Waals surface area contributed by atoms with Gasteiger partial charge in [0.15, 0.2) is 0 Å². The molecule has 0 amide bonds. The van der Waals surface area contributed by atoms with Crippen LogP contribution in [0.5, 0.6) is 0 Å². The van der Waals surface area contributed by atoms with Gasteiger partial charge in [0, 0.05) is 17.3 Å². The highest BCUT2D eigenvalue weighted by atomic mass is 35.5. The molecule has 0 saturated carbocycles. The van der Waals surface area contributed by atoms with Crippen molar-refractivity contribution in [3.8, 4) is 0 Å². The van der Waals surface area contributed by atoms with Crippen LogP contribution in [0.1, 0.15) is 26.7 Å². The van der Waals surface area contributed by atoms with E-state index in [0.29, 0.717) is 11.6 Å². The lowest BCUT2D eigenvalue weighted by Gasteiger charge is -2.38. The average molecular weight is 346 g/mol. The molecule has 1 aliphatic rings. The molecule has 2 nitrogen and oxygen atoms in total. The van der Waals surface area contributed by atoms with Crippen LogP contribution >= 0.6 is 40.3 Å². The zero-order valence-corrected chi connectivity index (χ0v) is 14.3. The van der Waals surface area contributed by atoms with Gasteiger partial charge in [-0.25, -0.2) is 0 Å². The maximum absolute atomic E-state index is 12.1. The molecule has 0 aromatic heterocycles. The van der Waals surface area contributed by atoms with Crippen molar-refractivity contribution in [2.24, 2.45) is 0 Å². The van der Waals surface area contributed by atoms with Crippen LogP contribution in [0.4, 0.5) is 0 Å². The van der Waals surface area contributed by atoms with E-state index >= 15 is 0 Å². The maximum atomic E-state index is 12.1. The van der Waals surface area contributed by atoms with Gasteiger partial charge in [-0.1, -0.05) is 42.8 Å². The van der Waals surface area contributed by atoms with E-state index < -0.39 is 10.6 Å². The summed E-state index contributed by atoms with van der Waals surface area (Å²) in [7, 11) is 0. The largest absolute Gasteiger partial charge is 0.793 e. The van der Waals surface area contributed by atoms with Crippen LogP contribution in [0.3, 0.4) is 0 Å². The summed E-state index contributed by atoms with van der Waals surface area (Å²) in [4.78, 5) is 11.4. The Balaban J connectivity index is 2.87. The van der Waals surface area contributed by atoms with E-state index in [1.165, 1.54) is 0 Å². The monoisotopic (exact) mass is 345 g/mol. The van der Waals surface area contributed by atoms with E-state index in [1.54, 1.807) is 19.1 Å². The first-order chi connectivity index (χ1) is 8.33. The van der Waals surface area contributed by atoms with E-state index in [4.69, 9.17) is 39.5 Å². The second-order valence-electron chi connectivity index (χ2n) is 3.96. The molecule has 0 aromatic rings. The van der Waals surface area contributed by atoms with E-state index in [-0.39, 0.29) is 5.25 Å². The third-order valence-electron chi connectivity index (χ3n) is 2.44. The van der Waals surface area contributed by atoms with Gasteiger partial charge in [-0.3, -0.25) is 0 Å². The number of hydrogen-bond acceptors (Lipinski definition) is 4. The Morgan fingerprint density at radius 2 is 2.28 bits per heavy atom. The quantitative estimate of drug-likeness (QED) is 0.534. The van der Waals surface area contributed by atoms with Crippen molar-refractivity contribution in [2.75, 3.05) is 6.61 Å². The number of hydrogen-bond donors (Lipinski definition) is 0. The minimum atomic E-state index is -3.09. The molecule has 3 unspecified atom stereocenters. The van der Waals surface area contributed by atoms with Crippen molar-refractivity contribution in [3.05, 3.63) is 23.3 Å². The van der Waals surface area contributed by atoms with Crippen molar-refractivity contribution >= 4 is 52.1 Å². The van der Waals surface area contributed by atoms with Crippen LogP contribution in [-0.2, 0) is 16.3 Å². The topological polar surface area (TPSA) is 32.3 Å². The highest BCUT2D eigenvalue weighted by molar-refractivity contribution is 8.67. The zero-order valence-electron chi connectivity index (χ0n) is 10.3. The summed E-state index contributed by atoms with van der Waals surface area (Å²) < 4.78 is 5.12. The first kappa shape index (κ1) is 17.0. The number of alkyl halides is 1. The minimum Gasteiger partial charge on any atom is -0.793 e. The lowest BCUT2D eigenvalue weighted by molar-refractivity contribution is -0.174. The van der Waals surface area contributed by atoms with E-state index in [9.17, 15) is 4.89 Å². The van der Waals surface area contributed by atoms with Crippen LogP contribution in [-0.4, -0.2) is 16.7 Å². The predicted molar refractivity (Wildman–Crippen MR) is 83.9 cm³/mol.